The van der Waals surface area contributed by atoms with Gasteiger partial charge in [-0.3, -0.25) is 4.79 Å². The Bertz CT molecular complexity index is 1290. The minimum Gasteiger partial charge on any atom is -0.482 e. The van der Waals surface area contributed by atoms with Gasteiger partial charge in [-0.15, -0.1) is 10.2 Å². The summed E-state index contributed by atoms with van der Waals surface area (Å²) in [6.45, 7) is 0.325. The zero-order chi connectivity index (χ0) is 21.4. The Balaban J connectivity index is 1.47. The Morgan fingerprint density at radius 2 is 1.90 bits per heavy atom. The molecular formula is C22H16F2N4O2S. The Morgan fingerprint density at radius 3 is 2.77 bits per heavy atom. The maximum Gasteiger partial charge on any atom is 0.273 e. The minimum atomic E-state index is -0.809. The first-order chi connectivity index (χ1) is 15.1. The summed E-state index contributed by atoms with van der Waals surface area (Å²) in [6, 6.07) is 16.4. The van der Waals surface area contributed by atoms with E-state index in [9.17, 15) is 13.6 Å². The maximum atomic E-state index is 13.9. The van der Waals surface area contributed by atoms with Crippen molar-refractivity contribution >= 4 is 28.4 Å². The SMILES string of the molecule is O=C(c1cccc2ccccc12)N1CCSc2nnc(COc3ccc(F)cc3F)n21. The first-order valence-electron chi connectivity index (χ1n) is 9.56. The second-order valence-corrected chi connectivity index (χ2v) is 7.94. The van der Waals surface area contributed by atoms with Crippen LogP contribution in [-0.2, 0) is 6.61 Å². The number of benzene rings is 3. The van der Waals surface area contributed by atoms with Gasteiger partial charge in [0.05, 0.1) is 6.54 Å². The average molecular weight is 438 g/mol. The highest BCUT2D eigenvalue weighted by atomic mass is 32.2. The van der Waals surface area contributed by atoms with Crippen LogP contribution < -0.4 is 9.75 Å². The zero-order valence-electron chi connectivity index (χ0n) is 16.2. The lowest BCUT2D eigenvalue weighted by Gasteiger charge is -2.29. The first-order valence-corrected chi connectivity index (χ1v) is 10.6. The number of fused-ring (bicyclic) bond motifs is 2. The lowest BCUT2D eigenvalue weighted by molar-refractivity contribution is 0.0954. The predicted molar refractivity (Wildman–Crippen MR) is 113 cm³/mol. The third-order valence-electron chi connectivity index (χ3n) is 4.96. The molecule has 1 amide bonds. The molecule has 3 aromatic carbocycles. The number of carbonyl (C=O) groups is 1. The van der Waals surface area contributed by atoms with Crippen molar-refractivity contribution in [3.63, 3.8) is 0 Å². The molecule has 5 rings (SSSR count). The van der Waals surface area contributed by atoms with Crippen LogP contribution in [0.5, 0.6) is 5.75 Å². The topological polar surface area (TPSA) is 60.3 Å². The van der Waals surface area contributed by atoms with Gasteiger partial charge in [0.1, 0.15) is 12.4 Å². The highest BCUT2D eigenvalue weighted by Gasteiger charge is 2.29. The molecule has 0 saturated heterocycles. The van der Waals surface area contributed by atoms with E-state index in [1.807, 2.05) is 36.4 Å². The summed E-state index contributed by atoms with van der Waals surface area (Å²) in [5, 5.41) is 12.2. The van der Waals surface area contributed by atoms with Crippen molar-refractivity contribution in [2.75, 3.05) is 17.3 Å². The molecule has 2 heterocycles. The summed E-state index contributed by atoms with van der Waals surface area (Å²) in [6.07, 6.45) is 0. The number of amides is 1. The summed E-state index contributed by atoms with van der Waals surface area (Å²) in [5.41, 5.74) is 0.570. The number of rotatable bonds is 4. The normalized spacial score (nSPS) is 13.3. The van der Waals surface area contributed by atoms with Gasteiger partial charge in [0.2, 0.25) is 5.16 Å². The Kier molecular flexibility index (Phi) is 5.03. The van der Waals surface area contributed by atoms with E-state index in [1.165, 1.54) is 17.8 Å². The molecule has 31 heavy (non-hydrogen) atoms. The number of aromatic nitrogens is 3. The number of halogens is 2. The summed E-state index contributed by atoms with van der Waals surface area (Å²) < 4.78 is 34.2. The van der Waals surface area contributed by atoms with Gasteiger partial charge >= 0.3 is 0 Å². The van der Waals surface area contributed by atoms with Gasteiger partial charge in [0.15, 0.2) is 17.4 Å². The number of ether oxygens (including phenoxy) is 1. The van der Waals surface area contributed by atoms with Gasteiger partial charge in [-0.2, -0.15) is 0 Å². The Morgan fingerprint density at radius 1 is 1.06 bits per heavy atom. The van der Waals surface area contributed by atoms with Crippen molar-refractivity contribution in [1.29, 1.82) is 0 Å². The van der Waals surface area contributed by atoms with E-state index >= 15 is 0 Å². The number of carbonyl (C=O) groups excluding carboxylic acids is 1. The second-order valence-electron chi connectivity index (χ2n) is 6.88. The van der Waals surface area contributed by atoms with Crippen molar-refractivity contribution in [3.8, 4) is 5.75 Å². The second kappa shape index (κ2) is 7.99. The van der Waals surface area contributed by atoms with Crippen molar-refractivity contribution in [3.05, 3.63) is 83.7 Å². The van der Waals surface area contributed by atoms with Crippen LogP contribution in [-0.4, -0.2) is 33.1 Å². The standard InChI is InChI=1S/C22H16F2N4O2S/c23-15-8-9-19(18(24)12-15)30-13-20-25-26-22-28(20)27(10-11-31-22)21(29)17-7-3-5-14-4-1-2-6-16(14)17/h1-9,12H,10-11,13H2. The largest absolute Gasteiger partial charge is 0.482 e. The predicted octanol–water partition coefficient (Wildman–Crippen LogP) is 4.17. The summed E-state index contributed by atoms with van der Waals surface area (Å²) in [7, 11) is 0. The van der Waals surface area contributed by atoms with Gasteiger partial charge in [-0.05, 0) is 29.0 Å². The molecule has 0 N–H and O–H groups in total. The van der Waals surface area contributed by atoms with Crippen LogP contribution in [0.3, 0.4) is 0 Å². The third-order valence-corrected chi connectivity index (χ3v) is 5.86. The zero-order valence-corrected chi connectivity index (χ0v) is 17.0. The molecule has 1 aliphatic rings. The number of thioether (sulfide) groups is 1. The van der Waals surface area contributed by atoms with Gasteiger partial charge in [-0.1, -0.05) is 48.2 Å². The van der Waals surface area contributed by atoms with Crippen LogP contribution in [0, 0.1) is 11.6 Å². The summed E-state index contributed by atoms with van der Waals surface area (Å²) in [4.78, 5) is 13.5. The van der Waals surface area contributed by atoms with Gasteiger partial charge < -0.3 is 4.74 Å². The van der Waals surface area contributed by atoms with Gasteiger partial charge in [0, 0.05) is 17.4 Å². The molecule has 6 nitrogen and oxygen atoms in total. The average Bonchev–Trinajstić information content (AvgIpc) is 3.21. The van der Waals surface area contributed by atoms with Crippen molar-refractivity contribution in [2.24, 2.45) is 0 Å². The van der Waals surface area contributed by atoms with Gasteiger partial charge in [0.25, 0.3) is 5.91 Å². The lowest BCUT2D eigenvalue weighted by atomic mass is 10.0. The van der Waals surface area contributed by atoms with E-state index in [-0.39, 0.29) is 18.3 Å². The molecule has 1 aromatic heterocycles. The molecule has 0 aliphatic carbocycles. The van der Waals surface area contributed by atoms with Crippen LogP contribution in [0.2, 0.25) is 0 Å². The fraction of sp³-hybridized carbons (Fsp3) is 0.136. The molecule has 0 spiro atoms. The minimum absolute atomic E-state index is 0.103. The van der Waals surface area contributed by atoms with Crippen LogP contribution in [0.25, 0.3) is 10.8 Å². The quantitative estimate of drug-likeness (QED) is 0.479. The molecule has 0 unspecified atom stereocenters. The van der Waals surface area contributed by atoms with E-state index in [4.69, 9.17) is 4.74 Å². The fourth-order valence-corrected chi connectivity index (χ4v) is 4.39. The molecule has 0 radical (unpaired) electrons. The van der Waals surface area contributed by atoms with E-state index in [2.05, 4.69) is 10.2 Å². The molecule has 1 aliphatic heterocycles. The van der Waals surface area contributed by atoms with Crippen molar-refractivity contribution < 1.29 is 18.3 Å². The van der Waals surface area contributed by atoms with Crippen LogP contribution in [0.4, 0.5) is 8.78 Å². The van der Waals surface area contributed by atoms with Crippen LogP contribution in [0.1, 0.15) is 16.2 Å². The molecule has 0 atom stereocenters. The highest BCUT2D eigenvalue weighted by molar-refractivity contribution is 7.99. The van der Waals surface area contributed by atoms with E-state index < -0.39 is 11.6 Å². The monoisotopic (exact) mass is 438 g/mol. The first kappa shape index (κ1) is 19.5. The molecule has 156 valence electrons. The number of hydrogen-bond acceptors (Lipinski definition) is 5. The van der Waals surface area contributed by atoms with E-state index in [0.29, 0.717) is 28.8 Å². The highest BCUT2D eigenvalue weighted by Crippen LogP contribution is 2.27. The Hall–Kier alpha value is -3.46. The molecule has 9 heteroatoms. The van der Waals surface area contributed by atoms with Crippen molar-refractivity contribution in [2.45, 2.75) is 11.8 Å². The van der Waals surface area contributed by atoms with Crippen LogP contribution in [0.15, 0.2) is 65.8 Å². The fourth-order valence-electron chi connectivity index (χ4n) is 3.52. The van der Waals surface area contributed by atoms with Gasteiger partial charge in [-0.25, -0.2) is 18.5 Å². The third kappa shape index (κ3) is 3.61. The smallest absolute Gasteiger partial charge is 0.273 e. The van der Waals surface area contributed by atoms with E-state index in [1.54, 1.807) is 15.8 Å². The molecule has 0 fully saturated rings. The van der Waals surface area contributed by atoms with Crippen LogP contribution >= 0.6 is 11.8 Å². The molecular weight excluding hydrogens is 422 g/mol. The summed E-state index contributed by atoms with van der Waals surface area (Å²) in [5.74, 6) is -0.771. The molecule has 4 aromatic rings. The lowest BCUT2D eigenvalue weighted by Crippen LogP contribution is -2.45. The van der Waals surface area contributed by atoms with Crippen molar-refractivity contribution in [1.82, 2.24) is 14.9 Å². The number of nitrogens with zero attached hydrogens (tertiary/aromatic N) is 4. The Labute approximate surface area is 180 Å². The molecule has 0 saturated carbocycles. The molecule has 0 bridgehead atoms. The number of hydrogen-bond donors (Lipinski definition) is 0. The maximum absolute atomic E-state index is 13.9. The summed E-state index contributed by atoms with van der Waals surface area (Å²) >= 11 is 1.47. The van der Waals surface area contributed by atoms with E-state index in [0.717, 1.165) is 22.9 Å².